The number of nitrogens with zero attached hydrogens (tertiary/aromatic N) is 1. The molecule has 0 radical (unpaired) electrons. The molecule has 2 amide bonds. The topological polar surface area (TPSA) is 98.7 Å². The maximum Gasteiger partial charge on any atom is 0.343 e. The summed E-state index contributed by atoms with van der Waals surface area (Å²) in [7, 11) is -3.87. The smallest absolute Gasteiger partial charge is 0.343 e. The number of aliphatic hydroxyl groups excluding tert-OH is 1. The highest BCUT2D eigenvalue weighted by atomic mass is 32.2. The van der Waals surface area contributed by atoms with Crippen LogP contribution in [0.1, 0.15) is 18.4 Å². The van der Waals surface area contributed by atoms with Crippen LogP contribution in [0.2, 0.25) is 0 Å². The monoisotopic (exact) mass is 339 g/mol. The van der Waals surface area contributed by atoms with Crippen LogP contribution in [-0.2, 0) is 10.0 Å². The van der Waals surface area contributed by atoms with Gasteiger partial charge in [-0.1, -0.05) is 17.7 Å². The lowest BCUT2D eigenvalue weighted by Gasteiger charge is -2.19. The number of hydrogen-bond donors (Lipinski definition) is 3. The van der Waals surface area contributed by atoms with Crippen LogP contribution in [0.25, 0.3) is 0 Å². The van der Waals surface area contributed by atoms with E-state index in [4.69, 9.17) is 0 Å². The van der Waals surface area contributed by atoms with Gasteiger partial charge >= 0.3 is 6.03 Å². The summed E-state index contributed by atoms with van der Waals surface area (Å²) < 4.78 is 26.3. The standard InChI is InChI=1S/C15H21N3O4S/c1-10-2-4-14(5-3-10)23(21,22)17-15(20)16-18-8-11-6-13(19)7-12(11)9-18/h2-5,11-13,19H,6-9H2,1H3,(H2,16,17,20)/t11-,12+,13?. The minimum Gasteiger partial charge on any atom is -0.393 e. The number of benzene rings is 1. The zero-order valence-electron chi connectivity index (χ0n) is 12.9. The molecular weight excluding hydrogens is 318 g/mol. The molecule has 1 aromatic rings. The number of hydrazine groups is 1. The Balaban J connectivity index is 1.56. The van der Waals surface area contributed by atoms with Crippen LogP contribution < -0.4 is 10.1 Å². The summed E-state index contributed by atoms with van der Waals surface area (Å²) in [6.45, 7) is 3.14. The molecule has 1 aliphatic heterocycles. The van der Waals surface area contributed by atoms with Crippen LogP contribution >= 0.6 is 0 Å². The number of hydrogen-bond acceptors (Lipinski definition) is 5. The Hall–Kier alpha value is -1.64. The Morgan fingerprint density at radius 2 is 1.74 bits per heavy atom. The summed E-state index contributed by atoms with van der Waals surface area (Å²) in [6, 6.07) is 5.53. The number of aliphatic hydroxyl groups is 1. The van der Waals surface area contributed by atoms with Crippen LogP contribution in [0.5, 0.6) is 0 Å². The van der Waals surface area contributed by atoms with Gasteiger partial charge in [-0.2, -0.15) is 0 Å². The van der Waals surface area contributed by atoms with Gasteiger partial charge in [0.2, 0.25) is 0 Å². The van der Waals surface area contributed by atoms with Gasteiger partial charge in [0.15, 0.2) is 0 Å². The van der Waals surface area contributed by atoms with E-state index in [1.54, 1.807) is 17.1 Å². The fourth-order valence-electron chi connectivity index (χ4n) is 3.42. The van der Waals surface area contributed by atoms with Crippen molar-refractivity contribution in [2.75, 3.05) is 13.1 Å². The number of fused-ring (bicyclic) bond motifs is 1. The number of urea groups is 1. The number of amides is 2. The van der Waals surface area contributed by atoms with Crippen molar-refractivity contribution < 1.29 is 18.3 Å². The van der Waals surface area contributed by atoms with Crippen LogP contribution in [0.3, 0.4) is 0 Å². The summed E-state index contributed by atoms with van der Waals surface area (Å²) in [5.41, 5.74) is 3.53. The third-order valence-electron chi connectivity index (χ3n) is 4.54. The number of sulfonamides is 1. The molecule has 1 unspecified atom stereocenters. The zero-order chi connectivity index (χ0) is 16.6. The first kappa shape index (κ1) is 16.2. The molecule has 3 N–H and O–H groups in total. The van der Waals surface area contributed by atoms with Crippen molar-refractivity contribution in [2.24, 2.45) is 11.8 Å². The van der Waals surface area contributed by atoms with Crippen molar-refractivity contribution in [3.05, 3.63) is 29.8 Å². The van der Waals surface area contributed by atoms with Crippen LogP contribution in [-0.4, -0.2) is 43.8 Å². The lowest BCUT2D eigenvalue weighted by Crippen LogP contribution is -2.48. The predicted molar refractivity (Wildman–Crippen MR) is 83.8 cm³/mol. The van der Waals surface area contributed by atoms with Gasteiger partial charge in [0, 0.05) is 13.1 Å². The van der Waals surface area contributed by atoms with E-state index in [0.29, 0.717) is 24.9 Å². The quantitative estimate of drug-likeness (QED) is 0.749. The van der Waals surface area contributed by atoms with Crippen molar-refractivity contribution in [3.8, 4) is 0 Å². The number of carbonyl (C=O) groups is 1. The molecule has 0 spiro atoms. The predicted octanol–water partition coefficient (Wildman–Crippen LogP) is 0.601. The maximum atomic E-state index is 12.1. The lowest BCUT2D eigenvalue weighted by molar-refractivity contribution is 0.151. The average molecular weight is 339 g/mol. The van der Waals surface area contributed by atoms with Gasteiger partial charge in [-0.3, -0.25) is 5.43 Å². The van der Waals surface area contributed by atoms with E-state index in [9.17, 15) is 18.3 Å². The molecule has 2 fully saturated rings. The maximum absolute atomic E-state index is 12.1. The van der Waals surface area contributed by atoms with Crippen molar-refractivity contribution in [1.29, 1.82) is 0 Å². The van der Waals surface area contributed by atoms with Gasteiger partial charge in [0.1, 0.15) is 0 Å². The third kappa shape index (κ3) is 3.65. The first-order chi connectivity index (χ1) is 10.8. The molecule has 1 saturated carbocycles. The third-order valence-corrected chi connectivity index (χ3v) is 5.89. The van der Waals surface area contributed by atoms with E-state index in [2.05, 4.69) is 5.43 Å². The molecule has 2 aliphatic rings. The van der Waals surface area contributed by atoms with Gasteiger partial charge in [0.05, 0.1) is 11.0 Å². The number of aryl methyl sites for hydroxylation is 1. The second kappa shape index (κ2) is 6.10. The fourth-order valence-corrected chi connectivity index (χ4v) is 4.33. The normalized spacial score (nSPS) is 27.7. The number of carbonyl (C=O) groups excluding carboxylic acids is 1. The molecule has 0 bridgehead atoms. The first-order valence-corrected chi connectivity index (χ1v) is 9.15. The van der Waals surface area contributed by atoms with Crippen LogP contribution in [0.15, 0.2) is 29.2 Å². The van der Waals surface area contributed by atoms with Crippen LogP contribution in [0.4, 0.5) is 4.79 Å². The Kier molecular flexibility index (Phi) is 4.31. The molecular formula is C15H21N3O4S. The first-order valence-electron chi connectivity index (χ1n) is 7.66. The van der Waals surface area contributed by atoms with E-state index in [1.165, 1.54) is 12.1 Å². The van der Waals surface area contributed by atoms with Gasteiger partial charge < -0.3 is 5.11 Å². The fraction of sp³-hybridized carbons (Fsp3) is 0.533. The molecule has 7 nitrogen and oxygen atoms in total. The van der Waals surface area contributed by atoms with Crippen molar-refractivity contribution in [2.45, 2.75) is 30.8 Å². The molecule has 3 rings (SSSR count). The van der Waals surface area contributed by atoms with Gasteiger partial charge in [-0.25, -0.2) is 22.9 Å². The average Bonchev–Trinajstić information content (AvgIpc) is 2.94. The van der Waals surface area contributed by atoms with Gasteiger partial charge in [0.25, 0.3) is 10.0 Å². The Labute approximate surface area is 135 Å². The molecule has 8 heteroatoms. The minimum absolute atomic E-state index is 0.0552. The van der Waals surface area contributed by atoms with E-state index < -0.39 is 16.1 Å². The van der Waals surface area contributed by atoms with Crippen LogP contribution in [0, 0.1) is 18.8 Å². The van der Waals surface area contributed by atoms with Crippen molar-refractivity contribution >= 4 is 16.1 Å². The SMILES string of the molecule is Cc1ccc(S(=O)(=O)NC(=O)NN2C[C@H]3CC(O)C[C@H]3C2)cc1. The highest BCUT2D eigenvalue weighted by Crippen LogP contribution is 2.37. The second-order valence-electron chi connectivity index (χ2n) is 6.41. The Bertz CT molecular complexity index is 675. The highest BCUT2D eigenvalue weighted by molar-refractivity contribution is 7.90. The largest absolute Gasteiger partial charge is 0.393 e. The molecule has 1 aromatic carbocycles. The molecule has 126 valence electrons. The van der Waals surface area contributed by atoms with Gasteiger partial charge in [-0.05, 0) is 43.7 Å². The van der Waals surface area contributed by atoms with E-state index in [-0.39, 0.29) is 11.0 Å². The minimum atomic E-state index is -3.87. The summed E-state index contributed by atoms with van der Waals surface area (Å²) in [5.74, 6) is 0.720. The second-order valence-corrected chi connectivity index (χ2v) is 8.09. The molecule has 1 saturated heterocycles. The van der Waals surface area contributed by atoms with E-state index >= 15 is 0 Å². The van der Waals surface area contributed by atoms with Crippen molar-refractivity contribution in [3.63, 3.8) is 0 Å². The molecule has 1 aliphatic carbocycles. The highest BCUT2D eigenvalue weighted by Gasteiger charge is 2.40. The Morgan fingerprint density at radius 1 is 1.17 bits per heavy atom. The number of rotatable bonds is 3. The summed E-state index contributed by atoms with van der Waals surface area (Å²) in [5, 5.41) is 11.3. The lowest BCUT2D eigenvalue weighted by atomic mass is 10.0. The van der Waals surface area contributed by atoms with Gasteiger partial charge in [-0.15, -0.1) is 0 Å². The zero-order valence-corrected chi connectivity index (χ0v) is 13.7. The molecule has 1 heterocycles. The Morgan fingerprint density at radius 3 is 2.30 bits per heavy atom. The van der Waals surface area contributed by atoms with E-state index in [1.807, 2.05) is 11.6 Å². The van der Waals surface area contributed by atoms with Crippen molar-refractivity contribution in [1.82, 2.24) is 15.2 Å². The molecule has 3 atom stereocenters. The summed E-state index contributed by atoms with van der Waals surface area (Å²) in [4.78, 5) is 12.0. The number of nitrogens with one attached hydrogen (secondary N) is 2. The molecule has 0 aromatic heterocycles. The summed E-state index contributed by atoms with van der Waals surface area (Å²) >= 11 is 0. The summed E-state index contributed by atoms with van der Waals surface area (Å²) in [6.07, 6.45) is 1.24. The molecule has 23 heavy (non-hydrogen) atoms. The van der Waals surface area contributed by atoms with E-state index in [0.717, 1.165) is 18.4 Å².